The zero-order chi connectivity index (χ0) is 18.6. The van der Waals surface area contributed by atoms with Gasteiger partial charge in [0.15, 0.2) is 0 Å². The van der Waals surface area contributed by atoms with Gasteiger partial charge < -0.3 is 9.67 Å². The van der Waals surface area contributed by atoms with Gasteiger partial charge in [-0.3, -0.25) is 0 Å². The molecule has 0 aliphatic heterocycles. The number of nitriles is 1. The molecule has 1 heterocycles. The Labute approximate surface area is 143 Å². The third-order valence-corrected chi connectivity index (χ3v) is 4.49. The highest BCUT2D eigenvalue weighted by Gasteiger charge is 2.50. The molecule has 1 aromatic heterocycles. The largest absolute Gasteiger partial charge is 0.418 e. The molecule has 0 spiro atoms. The van der Waals surface area contributed by atoms with Gasteiger partial charge in [-0.05, 0) is 24.6 Å². The maximum Gasteiger partial charge on any atom is 0.418 e. The van der Waals surface area contributed by atoms with Gasteiger partial charge in [-0.15, -0.1) is 0 Å². The van der Waals surface area contributed by atoms with Crippen molar-refractivity contribution < 1.29 is 27.1 Å². The minimum Gasteiger partial charge on any atom is -0.382 e. The predicted molar refractivity (Wildman–Crippen MR) is 78.7 cm³/mol. The van der Waals surface area contributed by atoms with E-state index in [2.05, 4.69) is 0 Å². The first-order valence-corrected chi connectivity index (χ1v) is 7.51. The van der Waals surface area contributed by atoms with Crippen molar-refractivity contribution >= 4 is 11.6 Å². The maximum absolute atomic E-state index is 13.7. The number of nitrogens with zero attached hydrogens (tertiary/aromatic N) is 2. The summed E-state index contributed by atoms with van der Waals surface area (Å²) in [5, 5.41) is 18.7. The molecule has 9 heteroatoms. The van der Waals surface area contributed by atoms with Gasteiger partial charge in [0.05, 0.1) is 16.1 Å². The monoisotopic (exact) mass is 376 g/mol. The minimum atomic E-state index is -4.90. The van der Waals surface area contributed by atoms with Crippen LogP contribution in [-0.2, 0) is 12.6 Å². The molecule has 1 aliphatic carbocycles. The van der Waals surface area contributed by atoms with E-state index in [4.69, 9.17) is 16.9 Å². The van der Waals surface area contributed by atoms with Gasteiger partial charge in [0.1, 0.15) is 12.2 Å². The Morgan fingerprint density at radius 2 is 2.00 bits per heavy atom. The Morgan fingerprint density at radius 3 is 2.56 bits per heavy atom. The van der Waals surface area contributed by atoms with Gasteiger partial charge >= 0.3 is 6.18 Å². The van der Waals surface area contributed by atoms with Crippen LogP contribution in [0.2, 0.25) is 5.02 Å². The molecule has 132 valence electrons. The number of rotatable bonds is 1. The molecule has 1 aromatic carbocycles. The Morgan fingerprint density at radius 1 is 1.32 bits per heavy atom. The molecule has 1 aliphatic rings. The highest BCUT2D eigenvalue weighted by Crippen LogP contribution is 2.48. The number of aromatic nitrogens is 1. The van der Waals surface area contributed by atoms with Crippen molar-refractivity contribution in [2.24, 2.45) is 0 Å². The zero-order valence-corrected chi connectivity index (χ0v) is 13.2. The van der Waals surface area contributed by atoms with Crippen LogP contribution in [0.4, 0.5) is 22.0 Å². The van der Waals surface area contributed by atoms with Crippen molar-refractivity contribution in [3.63, 3.8) is 0 Å². The number of aliphatic hydroxyl groups excluding tert-OH is 1. The highest BCUT2D eigenvalue weighted by atomic mass is 35.5. The molecule has 0 amide bonds. The molecule has 3 nitrogen and oxygen atoms in total. The fraction of sp³-hybridized carbons (Fsp3) is 0.312. The first-order chi connectivity index (χ1) is 11.6. The average Bonchev–Trinajstić information content (AvgIpc) is 2.91. The van der Waals surface area contributed by atoms with Crippen molar-refractivity contribution in [2.75, 3.05) is 0 Å². The molecule has 0 fully saturated rings. The number of halogens is 6. The van der Waals surface area contributed by atoms with Crippen molar-refractivity contribution in [3.8, 4) is 11.8 Å². The lowest BCUT2D eigenvalue weighted by atomic mass is 9.89. The van der Waals surface area contributed by atoms with Crippen LogP contribution in [0.25, 0.3) is 5.69 Å². The number of alkyl halides is 5. The molecule has 2 aromatic rings. The molecule has 25 heavy (non-hydrogen) atoms. The van der Waals surface area contributed by atoms with Crippen molar-refractivity contribution in [1.82, 2.24) is 4.57 Å². The molecule has 0 saturated carbocycles. The minimum absolute atomic E-state index is 0.0256. The standard InChI is InChI=1S/C16H10ClF5N2O/c17-11-5-9(2-1-8(11)6-23)24-7-10(16(20,21)22)13-12(24)3-4-15(18,19)14(13)25/h1-2,5,7,14,25H,3-4H2. The third-order valence-electron chi connectivity index (χ3n) is 4.18. The van der Waals surface area contributed by atoms with Crippen molar-refractivity contribution in [2.45, 2.75) is 31.0 Å². The summed E-state index contributed by atoms with van der Waals surface area (Å²) in [5.41, 5.74) is -1.85. The molecule has 1 unspecified atom stereocenters. The van der Waals surface area contributed by atoms with Crippen LogP contribution in [0.3, 0.4) is 0 Å². The second-order valence-electron chi connectivity index (χ2n) is 5.71. The van der Waals surface area contributed by atoms with Crippen LogP contribution in [0, 0.1) is 11.3 Å². The molecule has 0 bridgehead atoms. The second-order valence-corrected chi connectivity index (χ2v) is 6.12. The fourth-order valence-electron chi connectivity index (χ4n) is 2.96. The topological polar surface area (TPSA) is 49.0 Å². The predicted octanol–water partition coefficient (Wildman–Crippen LogP) is 4.64. The lowest BCUT2D eigenvalue weighted by Gasteiger charge is -2.29. The first kappa shape index (κ1) is 17.7. The van der Waals surface area contributed by atoms with Crippen LogP contribution < -0.4 is 0 Å². The summed E-state index contributed by atoms with van der Waals surface area (Å²) >= 11 is 5.91. The SMILES string of the molecule is N#Cc1ccc(-n2cc(C(F)(F)F)c3c2CCC(F)(F)C3O)cc1Cl. The molecule has 0 saturated heterocycles. The Balaban J connectivity index is 2.24. The van der Waals surface area contributed by atoms with E-state index in [1.54, 1.807) is 0 Å². The normalized spacial score (nSPS) is 19.4. The lowest BCUT2D eigenvalue weighted by Crippen LogP contribution is -2.33. The summed E-state index contributed by atoms with van der Waals surface area (Å²) < 4.78 is 68.4. The quantitative estimate of drug-likeness (QED) is 0.737. The van der Waals surface area contributed by atoms with E-state index in [0.29, 0.717) is 6.20 Å². The van der Waals surface area contributed by atoms with E-state index < -0.39 is 35.8 Å². The summed E-state index contributed by atoms with van der Waals surface area (Å²) in [6.07, 6.45) is -7.88. The van der Waals surface area contributed by atoms with Gasteiger partial charge in [-0.25, -0.2) is 8.78 Å². The van der Waals surface area contributed by atoms with Crippen molar-refractivity contribution in [3.05, 3.63) is 51.8 Å². The molecule has 1 N–H and O–H groups in total. The number of hydrogen-bond donors (Lipinski definition) is 1. The van der Waals surface area contributed by atoms with E-state index in [0.717, 1.165) is 4.57 Å². The van der Waals surface area contributed by atoms with E-state index in [-0.39, 0.29) is 28.4 Å². The van der Waals surface area contributed by atoms with Gasteiger partial charge in [0.2, 0.25) is 0 Å². The van der Waals surface area contributed by atoms with Gasteiger partial charge in [0.25, 0.3) is 5.92 Å². The fourth-order valence-corrected chi connectivity index (χ4v) is 3.17. The van der Waals surface area contributed by atoms with Gasteiger partial charge in [-0.2, -0.15) is 18.4 Å². The lowest BCUT2D eigenvalue weighted by molar-refractivity contribution is -0.147. The van der Waals surface area contributed by atoms with Gasteiger partial charge in [-0.1, -0.05) is 11.6 Å². The Bertz CT molecular complexity index is 882. The molecule has 3 rings (SSSR count). The summed E-state index contributed by atoms with van der Waals surface area (Å²) in [4.78, 5) is 0. The highest BCUT2D eigenvalue weighted by molar-refractivity contribution is 6.31. The van der Waals surface area contributed by atoms with Crippen LogP contribution in [0.1, 0.15) is 34.9 Å². The number of hydrogen-bond acceptors (Lipinski definition) is 2. The summed E-state index contributed by atoms with van der Waals surface area (Å²) in [6.45, 7) is 0. The molecule has 0 radical (unpaired) electrons. The number of aliphatic hydroxyl groups is 1. The first-order valence-electron chi connectivity index (χ1n) is 7.13. The Kier molecular flexibility index (Phi) is 4.05. The summed E-state index contributed by atoms with van der Waals surface area (Å²) in [6, 6.07) is 5.79. The van der Waals surface area contributed by atoms with Crippen LogP contribution >= 0.6 is 11.6 Å². The maximum atomic E-state index is 13.7. The smallest absolute Gasteiger partial charge is 0.382 e. The van der Waals surface area contributed by atoms with E-state index in [9.17, 15) is 27.1 Å². The zero-order valence-electron chi connectivity index (χ0n) is 12.4. The molecular formula is C16H10ClF5N2O. The molecule has 1 atom stereocenters. The number of benzene rings is 1. The number of fused-ring (bicyclic) bond motifs is 1. The molecular weight excluding hydrogens is 367 g/mol. The van der Waals surface area contributed by atoms with Gasteiger partial charge in [0, 0.05) is 29.6 Å². The average molecular weight is 377 g/mol. The van der Waals surface area contributed by atoms with E-state index in [1.165, 1.54) is 18.2 Å². The summed E-state index contributed by atoms with van der Waals surface area (Å²) in [7, 11) is 0. The van der Waals surface area contributed by atoms with Crippen LogP contribution in [0.15, 0.2) is 24.4 Å². The van der Waals surface area contributed by atoms with Crippen LogP contribution in [-0.4, -0.2) is 15.6 Å². The second kappa shape index (κ2) is 5.71. The van der Waals surface area contributed by atoms with Crippen molar-refractivity contribution in [1.29, 1.82) is 5.26 Å². The third kappa shape index (κ3) is 2.87. The van der Waals surface area contributed by atoms with E-state index in [1.807, 2.05) is 6.07 Å². The van der Waals surface area contributed by atoms with Crippen LogP contribution in [0.5, 0.6) is 0 Å². The van der Waals surface area contributed by atoms with E-state index >= 15 is 0 Å². The Hall–Kier alpha value is -2.11. The summed E-state index contributed by atoms with van der Waals surface area (Å²) in [5.74, 6) is -3.64.